The molecule has 0 bridgehead atoms. The zero-order valence-electron chi connectivity index (χ0n) is 13.1. The Bertz CT molecular complexity index is 665. The molecule has 0 radical (unpaired) electrons. The van der Waals surface area contributed by atoms with Crippen LogP contribution in [0.1, 0.15) is 17.7 Å². The van der Waals surface area contributed by atoms with Crippen LogP contribution in [0, 0.1) is 0 Å². The van der Waals surface area contributed by atoms with Crippen LogP contribution < -0.4 is 0 Å². The van der Waals surface area contributed by atoms with Crippen molar-refractivity contribution < 1.29 is 0 Å². The highest BCUT2D eigenvalue weighted by molar-refractivity contribution is 8.33. The zero-order chi connectivity index (χ0) is 15.4. The number of hydrogen-bond acceptors (Lipinski definition) is 0. The average Bonchev–Trinajstić information content (AvgIpc) is 2.62. The Morgan fingerprint density at radius 2 is 0.955 bits per heavy atom. The Kier molecular flexibility index (Phi) is 4.35. The molecule has 0 fully saturated rings. The van der Waals surface area contributed by atoms with E-state index in [4.69, 9.17) is 0 Å². The molecule has 1 heteroatoms. The second-order valence-electron chi connectivity index (χ2n) is 5.66. The zero-order valence-corrected chi connectivity index (χ0v) is 14.0. The highest BCUT2D eigenvalue weighted by Gasteiger charge is 2.30. The highest BCUT2D eigenvalue weighted by Crippen LogP contribution is 2.68. The van der Waals surface area contributed by atoms with Crippen LogP contribution in [0.4, 0.5) is 0 Å². The van der Waals surface area contributed by atoms with Crippen molar-refractivity contribution in [1.29, 1.82) is 0 Å². The van der Waals surface area contributed by atoms with Crippen molar-refractivity contribution in [2.24, 2.45) is 0 Å². The lowest BCUT2D eigenvalue weighted by molar-refractivity contribution is 1.06. The lowest BCUT2D eigenvalue weighted by atomic mass is 10.2. The summed E-state index contributed by atoms with van der Waals surface area (Å²) in [5.74, 6) is 0. The predicted molar refractivity (Wildman–Crippen MR) is 97.8 cm³/mol. The monoisotopic (exact) mass is 306 g/mol. The third-order valence-corrected chi connectivity index (χ3v) is 8.63. The molecule has 0 saturated carbocycles. The van der Waals surface area contributed by atoms with E-state index in [1.165, 1.54) is 15.4 Å². The first-order valence-electron chi connectivity index (χ1n) is 7.65. The molecule has 1 atom stereocenters. The maximum absolute atomic E-state index is 2.44. The molecule has 0 spiro atoms. The molecule has 0 N–H and O–H groups in total. The van der Waals surface area contributed by atoms with Crippen molar-refractivity contribution in [3.8, 4) is 0 Å². The van der Waals surface area contributed by atoms with Gasteiger partial charge in [0.15, 0.2) is 0 Å². The van der Waals surface area contributed by atoms with Crippen LogP contribution >= 0.6 is 10.0 Å². The largest absolute Gasteiger partial charge is 0.184 e. The van der Waals surface area contributed by atoms with Gasteiger partial charge in [0.2, 0.25) is 0 Å². The van der Waals surface area contributed by atoms with Crippen molar-refractivity contribution in [2.45, 2.75) is 22.0 Å². The van der Waals surface area contributed by atoms with E-state index in [2.05, 4.69) is 104 Å². The summed E-state index contributed by atoms with van der Waals surface area (Å²) in [6, 6.07) is 32.8. The van der Waals surface area contributed by atoms with Crippen molar-refractivity contribution >= 4 is 10.0 Å². The molecule has 0 heterocycles. The molecule has 0 aliphatic rings. The molecule has 22 heavy (non-hydrogen) atoms. The van der Waals surface area contributed by atoms with Crippen molar-refractivity contribution in [2.75, 3.05) is 6.26 Å². The Balaban J connectivity index is 2.16. The van der Waals surface area contributed by atoms with Gasteiger partial charge in [-0.15, -0.1) is 0 Å². The van der Waals surface area contributed by atoms with Crippen LogP contribution in [0.15, 0.2) is 101 Å². The van der Waals surface area contributed by atoms with E-state index in [0.717, 1.165) is 0 Å². The van der Waals surface area contributed by atoms with E-state index < -0.39 is 10.0 Å². The Hall–Kier alpha value is -1.99. The quantitative estimate of drug-likeness (QED) is 0.530. The molecule has 1 unspecified atom stereocenters. The van der Waals surface area contributed by atoms with Crippen LogP contribution in [-0.2, 0) is 0 Å². The topological polar surface area (TPSA) is 0 Å². The fraction of sp³-hybridized carbons (Fsp3) is 0.143. The second-order valence-corrected chi connectivity index (χ2v) is 9.27. The molecule has 3 rings (SSSR count). The Labute approximate surface area is 135 Å². The Morgan fingerprint density at radius 3 is 1.36 bits per heavy atom. The summed E-state index contributed by atoms with van der Waals surface area (Å²) in [6.07, 6.45) is 2.44. The van der Waals surface area contributed by atoms with E-state index in [9.17, 15) is 0 Å². The average molecular weight is 306 g/mol. The molecular formula is C21H22S. The van der Waals surface area contributed by atoms with Gasteiger partial charge in [-0.2, -0.15) is 10.0 Å². The molecular weight excluding hydrogens is 284 g/mol. The van der Waals surface area contributed by atoms with Crippen LogP contribution in [0.2, 0.25) is 0 Å². The van der Waals surface area contributed by atoms with Crippen LogP contribution in [0.5, 0.6) is 0 Å². The molecule has 0 aliphatic carbocycles. The van der Waals surface area contributed by atoms with E-state index in [1.54, 1.807) is 0 Å². The van der Waals surface area contributed by atoms with Gasteiger partial charge >= 0.3 is 0 Å². The maximum Gasteiger partial charge on any atom is 0.0186 e. The van der Waals surface area contributed by atoms with Gasteiger partial charge in [-0.05, 0) is 45.9 Å². The van der Waals surface area contributed by atoms with Gasteiger partial charge in [0.1, 0.15) is 0 Å². The molecule has 0 aliphatic heterocycles. The summed E-state index contributed by atoms with van der Waals surface area (Å²) in [5.41, 5.74) is 1.41. The van der Waals surface area contributed by atoms with Crippen molar-refractivity contribution in [1.82, 2.24) is 0 Å². The molecule has 0 nitrogen and oxygen atoms in total. The fourth-order valence-corrected chi connectivity index (χ4v) is 6.18. The predicted octanol–water partition coefficient (Wildman–Crippen LogP) is 6.30. The first-order valence-corrected chi connectivity index (χ1v) is 9.75. The standard InChI is InChI=1S/C21H22S/c1-18(19-12-6-3-7-13-19)22(2,20-14-8-4-9-15-20)21-16-10-5-11-17-21/h3-18H,1-2H3. The minimum absolute atomic E-state index is 0.471. The van der Waals surface area contributed by atoms with E-state index in [-0.39, 0.29) is 0 Å². The second kappa shape index (κ2) is 6.41. The summed E-state index contributed by atoms with van der Waals surface area (Å²) >= 11 is 0. The lowest BCUT2D eigenvalue weighted by Gasteiger charge is -2.43. The molecule has 0 saturated heterocycles. The maximum atomic E-state index is 2.44. The van der Waals surface area contributed by atoms with Gasteiger partial charge in [0.25, 0.3) is 0 Å². The van der Waals surface area contributed by atoms with E-state index in [0.29, 0.717) is 5.25 Å². The Morgan fingerprint density at radius 1 is 0.591 bits per heavy atom. The number of rotatable bonds is 4. The lowest BCUT2D eigenvalue weighted by Crippen LogP contribution is -2.09. The van der Waals surface area contributed by atoms with Crippen molar-refractivity contribution in [3.05, 3.63) is 96.6 Å². The van der Waals surface area contributed by atoms with Gasteiger partial charge in [-0.25, -0.2) is 0 Å². The number of hydrogen-bond donors (Lipinski definition) is 0. The molecule has 112 valence electrons. The third-order valence-electron chi connectivity index (χ3n) is 4.44. The van der Waals surface area contributed by atoms with Crippen LogP contribution in [-0.4, -0.2) is 6.26 Å². The first-order chi connectivity index (χ1) is 10.7. The minimum Gasteiger partial charge on any atom is -0.184 e. The van der Waals surface area contributed by atoms with Gasteiger partial charge in [-0.3, -0.25) is 0 Å². The summed E-state index contributed by atoms with van der Waals surface area (Å²) in [4.78, 5) is 2.88. The minimum atomic E-state index is -1.13. The van der Waals surface area contributed by atoms with Crippen LogP contribution in [0.3, 0.4) is 0 Å². The fourth-order valence-electron chi connectivity index (χ4n) is 2.95. The molecule has 3 aromatic rings. The van der Waals surface area contributed by atoms with Gasteiger partial charge in [0, 0.05) is 5.25 Å². The summed E-state index contributed by atoms with van der Waals surface area (Å²) in [6.45, 7) is 2.37. The van der Waals surface area contributed by atoms with Gasteiger partial charge in [-0.1, -0.05) is 73.7 Å². The van der Waals surface area contributed by atoms with Gasteiger partial charge < -0.3 is 0 Å². The van der Waals surface area contributed by atoms with E-state index in [1.807, 2.05) is 0 Å². The SMILES string of the molecule is CC(c1ccccc1)S(C)(c1ccccc1)c1ccccc1. The third kappa shape index (κ3) is 2.69. The summed E-state index contributed by atoms with van der Waals surface area (Å²) in [7, 11) is -1.13. The van der Waals surface area contributed by atoms with Gasteiger partial charge in [0.05, 0.1) is 0 Å². The summed E-state index contributed by atoms with van der Waals surface area (Å²) < 4.78 is 0. The summed E-state index contributed by atoms with van der Waals surface area (Å²) in [5, 5.41) is 0.471. The molecule has 0 aromatic heterocycles. The van der Waals surface area contributed by atoms with E-state index >= 15 is 0 Å². The van der Waals surface area contributed by atoms with Crippen molar-refractivity contribution in [3.63, 3.8) is 0 Å². The molecule has 0 amide bonds. The first kappa shape index (κ1) is 14.9. The van der Waals surface area contributed by atoms with Crippen LogP contribution in [0.25, 0.3) is 0 Å². The normalized spacial score (nSPS) is 13.5. The highest BCUT2D eigenvalue weighted by atomic mass is 32.3. The number of benzene rings is 3. The smallest absolute Gasteiger partial charge is 0.0186 e. The molecule has 3 aromatic carbocycles.